The van der Waals surface area contributed by atoms with E-state index in [1.807, 2.05) is 0 Å². The van der Waals surface area contributed by atoms with E-state index < -0.39 is 47.9 Å². The number of rotatable bonds is 5. The van der Waals surface area contributed by atoms with Crippen molar-refractivity contribution in [2.24, 2.45) is 11.0 Å². The maximum atomic E-state index is 13.2. The molecule has 1 saturated heterocycles. The van der Waals surface area contributed by atoms with Crippen LogP contribution in [0.2, 0.25) is 0 Å². The lowest BCUT2D eigenvalue weighted by Gasteiger charge is -2.18. The Morgan fingerprint density at radius 2 is 1.59 bits per heavy atom. The molecule has 3 aliphatic rings. The van der Waals surface area contributed by atoms with Crippen LogP contribution < -0.4 is 15.1 Å². The number of ketones is 1. The van der Waals surface area contributed by atoms with Crippen molar-refractivity contribution >= 4 is 40.8 Å². The summed E-state index contributed by atoms with van der Waals surface area (Å²) in [6.07, 6.45) is 0. The van der Waals surface area contributed by atoms with Gasteiger partial charge in [0.2, 0.25) is 5.91 Å². The van der Waals surface area contributed by atoms with Crippen LogP contribution in [0.3, 0.4) is 0 Å². The number of anilines is 1. The minimum absolute atomic E-state index is 0.192. The first-order chi connectivity index (χ1) is 15.4. The predicted molar refractivity (Wildman–Crippen MR) is 110 cm³/mol. The van der Waals surface area contributed by atoms with Crippen LogP contribution in [0.25, 0.3) is 0 Å². The molecule has 10 heteroatoms. The zero-order valence-corrected chi connectivity index (χ0v) is 16.8. The van der Waals surface area contributed by atoms with E-state index in [4.69, 9.17) is 4.74 Å². The van der Waals surface area contributed by atoms with Crippen molar-refractivity contribution in [1.82, 2.24) is 10.3 Å². The van der Waals surface area contributed by atoms with Gasteiger partial charge in [-0.2, -0.15) is 5.10 Å². The molecule has 1 fully saturated rings. The summed E-state index contributed by atoms with van der Waals surface area (Å²) in [6.45, 7) is -0.577. The van der Waals surface area contributed by atoms with E-state index in [2.05, 4.69) is 10.5 Å². The number of carbonyl (C=O) groups excluding carboxylic acids is 5. The average Bonchev–Trinajstić information content (AvgIpc) is 3.43. The van der Waals surface area contributed by atoms with Crippen LogP contribution in [0.1, 0.15) is 20.7 Å². The van der Waals surface area contributed by atoms with Gasteiger partial charge < -0.3 is 4.74 Å². The molecule has 1 N–H and O–H groups in total. The van der Waals surface area contributed by atoms with Crippen LogP contribution >= 0.6 is 0 Å². The zero-order valence-electron chi connectivity index (χ0n) is 16.8. The fourth-order valence-corrected chi connectivity index (χ4v) is 4.18. The summed E-state index contributed by atoms with van der Waals surface area (Å²) in [5.74, 6) is -3.92. The lowest BCUT2D eigenvalue weighted by atomic mass is 9.95. The van der Waals surface area contributed by atoms with Gasteiger partial charge in [0.25, 0.3) is 17.7 Å². The molecule has 0 aromatic heterocycles. The Kier molecular flexibility index (Phi) is 4.36. The predicted octanol–water partition coefficient (Wildman–Crippen LogP) is 0.378. The van der Waals surface area contributed by atoms with Gasteiger partial charge in [-0.05, 0) is 24.3 Å². The summed E-state index contributed by atoms with van der Waals surface area (Å²) in [5, 5.41) is 3.90. The highest BCUT2D eigenvalue weighted by Gasteiger charge is 2.56. The van der Waals surface area contributed by atoms with Crippen molar-refractivity contribution in [3.63, 3.8) is 0 Å². The van der Waals surface area contributed by atoms with Crippen molar-refractivity contribution in [3.05, 3.63) is 59.7 Å². The molecule has 5 rings (SSSR count). The second-order valence-electron chi connectivity index (χ2n) is 7.43. The van der Waals surface area contributed by atoms with Crippen molar-refractivity contribution in [2.75, 3.05) is 18.6 Å². The van der Waals surface area contributed by atoms with E-state index >= 15 is 0 Å². The Morgan fingerprint density at radius 3 is 2.25 bits per heavy atom. The Morgan fingerprint density at radius 1 is 0.969 bits per heavy atom. The standard InChI is InChI=1S/C22H16N4O6/c1-32-15-9-5-4-8-13(15)26-21(30)16-17(23-24-18(16)22(26)31)14(27)10-25-19(28)11-6-2-3-7-12(11)20(25)29/h2-9,16,18,24H,10H2,1H3/t16-,18+/m0/s1. The SMILES string of the molecule is COc1ccccc1N1C(=O)[C@H]2C(C(=O)CN3C(=O)c4ccccc4C3=O)=NN[C@H]2C1=O. The van der Waals surface area contributed by atoms with Gasteiger partial charge in [0.15, 0.2) is 5.78 Å². The highest BCUT2D eigenvalue weighted by molar-refractivity contribution is 6.49. The number of benzene rings is 2. The topological polar surface area (TPSA) is 125 Å². The average molecular weight is 432 g/mol. The maximum absolute atomic E-state index is 13.2. The molecule has 4 amide bonds. The second kappa shape index (κ2) is 7.12. The number of nitrogens with zero attached hydrogens (tertiary/aromatic N) is 3. The largest absolute Gasteiger partial charge is 0.495 e. The van der Waals surface area contributed by atoms with E-state index in [0.717, 1.165) is 9.80 Å². The molecular formula is C22H16N4O6. The van der Waals surface area contributed by atoms with Crippen LogP contribution in [-0.2, 0) is 14.4 Å². The minimum Gasteiger partial charge on any atom is -0.495 e. The molecule has 10 nitrogen and oxygen atoms in total. The van der Waals surface area contributed by atoms with Crippen LogP contribution in [0.15, 0.2) is 53.6 Å². The molecule has 0 radical (unpaired) electrons. The summed E-state index contributed by atoms with van der Waals surface area (Å²) in [7, 11) is 1.42. The molecule has 32 heavy (non-hydrogen) atoms. The number of nitrogens with one attached hydrogen (secondary N) is 1. The highest BCUT2D eigenvalue weighted by atomic mass is 16.5. The van der Waals surface area contributed by atoms with Crippen LogP contribution in [0.5, 0.6) is 5.75 Å². The van der Waals surface area contributed by atoms with E-state index in [9.17, 15) is 24.0 Å². The number of Topliss-reactive ketones (excluding diaryl/α,β-unsaturated/α-hetero) is 1. The van der Waals surface area contributed by atoms with Crippen LogP contribution in [-0.4, -0.2) is 59.7 Å². The molecule has 0 bridgehead atoms. The van der Waals surface area contributed by atoms with E-state index in [0.29, 0.717) is 5.75 Å². The number of hydrazone groups is 1. The Bertz CT molecular complexity index is 1220. The second-order valence-corrected chi connectivity index (χ2v) is 7.43. The summed E-state index contributed by atoms with van der Waals surface area (Å²) < 4.78 is 5.25. The summed E-state index contributed by atoms with van der Waals surface area (Å²) in [6, 6.07) is 11.7. The van der Waals surface area contributed by atoms with Crippen molar-refractivity contribution in [1.29, 1.82) is 0 Å². The van der Waals surface area contributed by atoms with Gasteiger partial charge in [0, 0.05) is 0 Å². The van der Waals surface area contributed by atoms with Crippen LogP contribution in [0, 0.1) is 5.92 Å². The van der Waals surface area contributed by atoms with Crippen LogP contribution in [0.4, 0.5) is 5.69 Å². The van der Waals surface area contributed by atoms with Gasteiger partial charge in [0.1, 0.15) is 23.4 Å². The third-order valence-corrected chi connectivity index (χ3v) is 5.72. The Hall–Kier alpha value is -4.34. The zero-order chi connectivity index (χ0) is 22.6. The summed E-state index contributed by atoms with van der Waals surface area (Å²) in [4.78, 5) is 66.0. The molecule has 0 spiro atoms. The van der Waals surface area contributed by atoms with Gasteiger partial charge >= 0.3 is 0 Å². The first-order valence-electron chi connectivity index (χ1n) is 9.76. The minimum atomic E-state index is -1.16. The summed E-state index contributed by atoms with van der Waals surface area (Å²) >= 11 is 0. The van der Waals surface area contributed by atoms with Gasteiger partial charge in [0.05, 0.1) is 30.5 Å². The number of carbonyl (C=O) groups is 5. The molecule has 2 aromatic rings. The lowest BCUT2D eigenvalue weighted by Crippen LogP contribution is -2.41. The number of hydrogen-bond donors (Lipinski definition) is 1. The fraction of sp³-hybridized carbons (Fsp3) is 0.182. The van der Waals surface area contributed by atoms with E-state index in [1.165, 1.54) is 19.2 Å². The lowest BCUT2D eigenvalue weighted by molar-refractivity contribution is -0.122. The molecule has 3 heterocycles. The third-order valence-electron chi connectivity index (χ3n) is 5.72. The highest BCUT2D eigenvalue weighted by Crippen LogP contribution is 2.36. The number of hydrogen-bond acceptors (Lipinski definition) is 8. The van der Waals surface area contributed by atoms with Crippen molar-refractivity contribution in [2.45, 2.75) is 6.04 Å². The first-order valence-corrected chi connectivity index (χ1v) is 9.76. The number of fused-ring (bicyclic) bond motifs is 2. The quantitative estimate of drug-likeness (QED) is 0.677. The van der Waals surface area contributed by atoms with E-state index in [1.54, 1.807) is 36.4 Å². The number of imide groups is 2. The molecule has 0 aliphatic carbocycles. The third kappa shape index (κ3) is 2.66. The maximum Gasteiger partial charge on any atom is 0.261 e. The summed E-state index contributed by atoms with van der Waals surface area (Å²) in [5.41, 5.74) is 3.05. The van der Waals surface area contributed by atoms with Gasteiger partial charge in [-0.25, -0.2) is 4.90 Å². The molecular weight excluding hydrogens is 416 g/mol. The molecule has 2 atom stereocenters. The number of para-hydroxylation sites is 2. The number of amides is 4. The fourth-order valence-electron chi connectivity index (χ4n) is 4.18. The molecule has 160 valence electrons. The Balaban J connectivity index is 1.39. The van der Waals surface area contributed by atoms with E-state index in [-0.39, 0.29) is 22.5 Å². The molecule has 0 saturated carbocycles. The molecule has 2 aromatic carbocycles. The molecule has 3 aliphatic heterocycles. The van der Waals surface area contributed by atoms with Gasteiger partial charge in [-0.15, -0.1) is 0 Å². The normalized spacial score (nSPS) is 21.5. The van der Waals surface area contributed by atoms with Gasteiger partial charge in [-0.3, -0.25) is 34.3 Å². The van der Waals surface area contributed by atoms with Gasteiger partial charge in [-0.1, -0.05) is 24.3 Å². The van der Waals surface area contributed by atoms with Crippen molar-refractivity contribution in [3.8, 4) is 5.75 Å². The monoisotopic (exact) mass is 432 g/mol. The molecule has 0 unspecified atom stereocenters. The smallest absolute Gasteiger partial charge is 0.261 e. The van der Waals surface area contributed by atoms with Crippen molar-refractivity contribution < 1.29 is 28.7 Å². The Labute approximate surface area is 181 Å². The number of ether oxygens (including phenoxy) is 1. The first kappa shape index (κ1) is 19.6. The number of methoxy groups -OCH3 is 1.